The first-order valence-corrected chi connectivity index (χ1v) is 16.8. The largest absolute Gasteiger partial charge is 0.494 e. The van der Waals surface area contributed by atoms with Crippen molar-refractivity contribution in [2.45, 2.75) is 39.5 Å². The van der Waals surface area contributed by atoms with E-state index in [0.717, 1.165) is 59.7 Å². The molecular formula is C42H40N2O6. The first-order chi connectivity index (χ1) is 24.5. The van der Waals surface area contributed by atoms with Gasteiger partial charge in [-0.1, -0.05) is 32.8 Å². The van der Waals surface area contributed by atoms with Crippen molar-refractivity contribution >= 4 is 35.7 Å². The summed E-state index contributed by atoms with van der Waals surface area (Å²) in [5.41, 5.74) is 4.07. The number of carbonyl (C=O) groups is 2. The van der Waals surface area contributed by atoms with Crippen molar-refractivity contribution in [3.05, 3.63) is 144 Å². The predicted molar refractivity (Wildman–Crippen MR) is 197 cm³/mol. The number of ether oxygens (including phenoxy) is 4. The number of unbranched alkanes of at least 4 members (excludes halogenated alkanes) is 2. The maximum atomic E-state index is 12.6. The van der Waals surface area contributed by atoms with E-state index in [1.54, 1.807) is 85.2 Å². The Bertz CT molecular complexity index is 1750. The molecule has 0 saturated carbocycles. The van der Waals surface area contributed by atoms with Crippen LogP contribution < -0.4 is 18.9 Å². The second-order valence-corrected chi connectivity index (χ2v) is 11.4. The van der Waals surface area contributed by atoms with Gasteiger partial charge in [0.15, 0.2) is 0 Å². The van der Waals surface area contributed by atoms with Gasteiger partial charge in [0, 0.05) is 12.4 Å². The van der Waals surface area contributed by atoms with Crippen LogP contribution in [0, 0.1) is 0 Å². The van der Waals surface area contributed by atoms with E-state index >= 15 is 0 Å². The summed E-state index contributed by atoms with van der Waals surface area (Å²) in [4.78, 5) is 34.3. The molecule has 5 rings (SSSR count). The number of benzene rings is 5. The minimum absolute atomic E-state index is 0.436. The second kappa shape index (κ2) is 18.5. The molecule has 0 aliphatic rings. The van der Waals surface area contributed by atoms with Gasteiger partial charge in [0.1, 0.15) is 23.0 Å². The van der Waals surface area contributed by atoms with Crippen molar-refractivity contribution in [2.75, 3.05) is 13.2 Å². The van der Waals surface area contributed by atoms with E-state index in [-0.39, 0.29) is 0 Å². The highest BCUT2D eigenvalue weighted by atomic mass is 16.5. The van der Waals surface area contributed by atoms with Crippen LogP contribution in [0.1, 0.15) is 71.4 Å². The summed E-state index contributed by atoms with van der Waals surface area (Å²) in [5, 5.41) is 0. The third kappa shape index (κ3) is 11.0. The highest BCUT2D eigenvalue weighted by Crippen LogP contribution is 2.22. The minimum atomic E-state index is -0.436. The zero-order valence-electron chi connectivity index (χ0n) is 28.3. The van der Waals surface area contributed by atoms with E-state index in [2.05, 4.69) is 23.8 Å². The molecule has 0 atom stereocenters. The average Bonchev–Trinajstić information content (AvgIpc) is 3.15. The average molecular weight is 669 g/mol. The summed E-state index contributed by atoms with van der Waals surface area (Å²) >= 11 is 0. The van der Waals surface area contributed by atoms with Gasteiger partial charge in [-0.05, 0) is 139 Å². The van der Waals surface area contributed by atoms with Gasteiger partial charge in [0.25, 0.3) is 0 Å². The Hall–Kier alpha value is -6.02. The molecule has 8 heteroatoms. The number of carbonyl (C=O) groups excluding carboxylic acids is 2. The van der Waals surface area contributed by atoms with Gasteiger partial charge in [-0.15, -0.1) is 0 Å². The van der Waals surface area contributed by atoms with Crippen LogP contribution in [0.3, 0.4) is 0 Å². The topological polar surface area (TPSA) is 95.8 Å². The standard InChI is InChI=1S/C42H40N2O6/c1-3-5-26-47-37-22-14-33(15-23-37)41(45)49-39-18-10-31(11-19-39)29-43-35-8-7-9-36(28-35)44-30-32-12-20-40(21-13-32)50-42(46)34-16-24-38(25-17-34)48-27-6-4-2/h7-25,28-30H,3-6,26-27H2,1-2H3. The molecule has 0 saturated heterocycles. The molecule has 0 heterocycles. The summed E-state index contributed by atoms with van der Waals surface area (Å²) in [6.45, 7) is 5.52. The number of aliphatic imine (C=N–C) groups is 2. The van der Waals surface area contributed by atoms with Crippen molar-refractivity contribution < 1.29 is 28.5 Å². The Morgan fingerprint density at radius 1 is 0.520 bits per heavy atom. The van der Waals surface area contributed by atoms with Crippen molar-refractivity contribution in [3.63, 3.8) is 0 Å². The summed E-state index contributed by atoms with van der Waals surface area (Å²) < 4.78 is 22.4. The van der Waals surface area contributed by atoms with E-state index in [0.29, 0.717) is 35.8 Å². The number of nitrogens with zero attached hydrogens (tertiary/aromatic N) is 2. The van der Waals surface area contributed by atoms with Crippen LogP contribution in [0.15, 0.2) is 131 Å². The van der Waals surface area contributed by atoms with Crippen LogP contribution in [-0.4, -0.2) is 37.6 Å². The number of rotatable bonds is 16. The second-order valence-electron chi connectivity index (χ2n) is 11.4. The molecule has 8 nitrogen and oxygen atoms in total. The lowest BCUT2D eigenvalue weighted by molar-refractivity contribution is 0.0725. The molecule has 0 aliphatic heterocycles. The predicted octanol–water partition coefficient (Wildman–Crippen LogP) is 9.98. The molecule has 0 fully saturated rings. The molecule has 0 N–H and O–H groups in total. The zero-order valence-corrected chi connectivity index (χ0v) is 28.3. The Morgan fingerprint density at radius 2 is 0.900 bits per heavy atom. The Labute approximate surface area is 293 Å². The molecule has 0 aromatic heterocycles. The van der Waals surface area contributed by atoms with E-state index in [1.807, 2.05) is 48.5 Å². The van der Waals surface area contributed by atoms with E-state index in [9.17, 15) is 9.59 Å². The van der Waals surface area contributed by atoms with Crippen LogP contribution in [0.2, 0.25) is 0 Å². The van der Waals surface area contributed by atoms with E-state index < -0.39 is 11.9 Å². The number of esters is 2. The fourth-order valence-electron chi connectivity index (χ4n) is 4.57. The van der Waals surface area contributed by atoms with Gasteiger partial charge < -0.3 is 18.9 Å². The van der Waals surface area contributed by atoms with Gasteiger partial charge in [-0.2, -0.15) is 0 Å². The molecule has 5 aromatic rings. The Morgan fingerprint density at radius 3 is 1.28 bits per heavy atom. The van der Waals surface area contributed by atoms with Crippen molar-refractivity contribution in [1.29, 1.82) is 0 Å². The molecule has 0 bridgehead atoms. The third-order valence-electron chi connectivity index (χ3n) is 7.45. The van der Waals surface area contributed by atoms with Gasteiger partial charge in [0.05, 0.1) is 35.7 Å². The highest BCUT2D eigenvalue weighted by Gasteiger charge is 2.10. The first-order valence-electron chi connectivity index (χ1n) is 16.8. The summed E-state index contributed by atoms with van der Waals surface area (Å²) in [7, 11) is 0. The molecule has 0 spiro atoms. The monoisotopic (exact) mass is 668 g/mol. The van der Waals surface area contributed by atoms with Gasteiger partial charge in [-0.3, -0.25) is 9.98 Å². The molecule has 0 aliphatic carbocycles. The zero-order chi connectivity index (χ0) is 35.0. The fourth-order valence-corrected chi connectivity index (χ4v) is 4.57. The van der Waals surface area contributed by atoms with Gasteiger partial charge in [0.2, 0.25) is 0 Å². The molecule has 5 aromatic carbocycles. The van der Waals surface area contributed by atoms with E-state index in [4.69, 9.17) is 18.9 Å². The van der Waals surface area contributed by atoms with Crippen LogP contribution >= 0.6 is 0 Å². The number of hydrogen-bond acceptors (Lipinski definition) is 8. The van der Waals surface area contributed by atoms with E-state index in [1.165, 1.54) is 0 Å². The van der Waals surface area contributed by atoms with Gasteiger partial charge in [-0.25, -0.2) is 9.59 Å². The Kier molecular flexibility index (Phi) is 13.1. The molecule has 0 unspecified atom stereocenters. The summed E-state index contributed by atoms with van der Waals surface area (Å²) in [5.74, 6) is 1.47. The quantitative estimate of drug-likeness (QED) is 0.0449. The van der Waals surface area contributed by atoms with Crippen LogP contribution in [-0.2, 0) is 0 Å². The Balaban J connectivity index is 1.10. The molecule has 50 heavy (non-hydrogen) atoms. The normalized spacial score (nSPS) is 11.1. The van der Waals surface area contributed by atoms with Gasteiger partial charge >= 0.3 is 11.9 Å². The number of hydrogen-bond donors (Lipinski definition) is 0. The lowest BCUT2D eigenvalue weighted by Crippen LogP contribution is -2.08. The lowest BCUT2D eigenvalue weighted by Gasteiger charge is -2.07. The third-order valence-corrected chi connectivity index (χ3v) is 7.45. The van der Waals surface area contributed by atoms with Crippen LogP contribution in [0.4, 0.5) is 11.4 Å². The smallest absolute Gasteiger partial charge is 0.343 e. The van der Waals surface area contributed by atoms with Crippen molar-refractivity contribution in [2.24, 2.45) is 9.98 Å². The van der Waals surface area contributed by atoms with Crippen LogP contribution in [0.25, 0.3) is 0 Å². The van der Waals surface area contributed by atoms with Crippen LogP contribution in [0.5, 0.6) is 23.0 Å². The maximum absolute atomic E-state index is 12.6. The van der Waals surface area contributed by atoms with Crippen molar-refractivity contribution in [1.82, 2.24) is 0 Å². The molecule has 254 valence electrons. The molecular weight excluding hydrogens is 628 g/mol. The first kappa shape index (κ1) is 35.3. The fraction of sp³-hybridized carbons (Fsp3) is 0.190. The molecule has 0 amide bonds. The van der Waals surface area contributed by atoms with Crippen molar-refractivity contribution in [3.8, 4) is 23.0 Å². The summed E-state index contributed by atoms with van der Waals surface area (Å²) in [6, 6.07) is 35.7. The SMILES string of the molecule is CCCCOc1ccc(C(=O)Oc2ccc(C=Nc3cccc(N=Cc4ccc(OC(=O)c5ccc(OCCCC)cc5)cc4)c3)cc2)cc1. The maximum Gasteiger partial charge on any atom is 0.343 e. The molecule has 0 radical (unpaired) electrons. The lowest BCUT2D eigenvalue weighted by atomic mass is 10.2. The minimum Gasteiger partial charge on any atom is -0.494 e. The highest BCUT2D eigenvalue weighted by molar-refractivity contribution is 5.92. The summed E-state index contributed by atoms with van der Waals surface area (Å²) in [6.07, 6.45) is 7.57.